The SMILES string of the molecule is COc1nc(NCCC(C)(C)CCO)ccc1[N+](=O)[O-]. The van der Waals surface area contributed by atoms with Crippen LogP contribution in [0.3, 0.4) is 0 Å². The van der Waals surface area contributed by atoms with E-state index in [1.54, 1.807) is 6.07 Å². The lowest BCUT2D eigenvalue weighted by Gasteiger charge is -2.23. The number of nitrogens with one attached hydrogen (secondary N) is 1. The maximum atomic E-state index is 10.8. The highest BCUT2D eigenvalue weighted by Gasteiger charge is 2.18. The second kappa shape index (κ2) is 7.04. The smallest absolute Gasteiger partial charge is 0.331 e. The van der Waals surface area contributed by atoms with E-state index in [0.717, 1.165) is 12.8 Å². The van der Waals surface area contributed by atoms with Crippen LogP contribution in [-0.4, -0.2) is 35.3 Å². The molecule has 0 unspecified atom stereocenters. The number of hydrogen-bond acceptors (Lipinski definition) is 6. The molecular weight excluding hydrogens is 262 g/mol. The number of hydrogen-bond donors (Lipinski definition) is 2. The van der Waals surface area contributed by atoms with Gasteiger partial charge < -0.3 is 15.2 Å². The number of nitro groups is 1. The van der Waals surface area contributed by atoms with Gasteiger partial charge in [0.25, 0.3) is 5.88 Å². The molecule has 0 atom stereocenters. The van der Waals surface area contributed by atoms with E-state index >= 15 is 0 Å². The summed E-state index contributed by atoms with van der Waals surface area (Å²) >= 11 is 0. The van der Waals surface area contributed by atoms with Crippen LogP contribution in [0.2, 0.25) is 0 Å². The third-order valence-electron chi connectivity index (χ3n) is 3.13. The molecule has 2 N–H and O–H groups in total. The van der Waals surface area contributed by atoms with Gasteiger partial charge in [0.2, 0.25) is 0 Å². The van der Waals surface area contributed by atoms with E-state index in [0.29, 0.717) is 12.4 Å². The molecule has 0 aliphatic carbocycles. The number of aromatic nitrogens is 1. The van der Waals surface area contributed by atoms with E-state index in [9.17, 15) is 10.1 Å². The first-order valence-corrected chi connectivity index (χ1v) is 6.44. The molecule has 0 aliphatic rings. The lowest BCUT2D eigenvalue weighted by molar-refractivity contribution is -0.386. The third-order valence-corrected chi connectivity index (χ3v) is 3.13. The lowest BCUT2D eigenvalue weighted by Crippen LogP contribution is -2.18. The Labute approximate surface area is 118 Å². The van der Waals surface area contributed by atoms with Crippen LogP contribution >= 0.6 is 0 Å². The summed E-state index contributed by atoms with van der Waals surface area (Å²) in [5.74, 6) is 0.530. The van der Waals surface area contributed by atoms with Crippen molar-refractivity contribution in [2.45, 2.75) is 26.7 Å². The number of ether oxygens (including phenoxy) is 1. The fourth-order valence-electron chi connectivity index (χ4n) is 1.78. The molecule has 0 radical (unpaired) electrons. The van der Waals surface area contributed by atoms with Gasteiger partial charge in [-0.3, -0.25) is 10.1 Å². The van der Waals surface area contributed by atoms with E-state index in [4.69, 9.17) is 9.84 Å². The summed E-state index contributed by atoms with van der Waals surface area (Å²) < 4.78 is 4.91. The van der Waals surface area contributed by atoms with Gasteiger partial charge in [-0.25, -0.2) is 0 Å². The Morgan fingerprint density at radius 1 is 1.45 bits per heavy atom. The van der Waals surface area contributed by atoms with E-state index in [2.05, 4.69) is 24.1 Å². The second-order valence-electron chi connectivity index (χ2n) is 5.30. The van der Waals surface area contributed by atoms with Crippen molar-refractivity contribution < 1.29 is 14.8 Å². The Balaban J connectivity index is 2.63. The van der Waals surface area contributed by atoms with Gasteiger partial charge >= 0.3 is 5.69 Å². The van der Waals surface area contributed by atoms with Gasteiger partial charge in [-0.15, -0.1) is 0 Å². The molecule has 0 fully saturated rings. The minimum atomic E-state index is -0.528. The predicted molar refractivity (Wildman–Crippen MR) is 76.0 cm³/mol. The zero-order valence-corrected chi connectivity index (χ0v) is 12.0. The summed E-state index contributed by atoms with van der Waals surface area (Å²) in [6.45, 7) is 4.99. The monoisotopic (exact) mass is 283 g/mol. The van der Waals surface area contributed by atoms with Crippen molar-refractivity contribution in [2.75, 3.05) is 25.6 Å². The van der Waals surface area contributed by atoms with E-state index in [1.165, 1.54) is 13.2 Å². The van der Waals surface area contributed by atoms with Crippen LogP contribution in [0.1, 0.15) is 26.7 Å². The molecule has 7 nitrogen and oxygen atoms in total. The lowest BCUT2D eigenvalue weighted by atomic mass is 9.86. The summed E-state index contributed by atoms with van der Waals surface area (Å²) in [5, 5.41) is 22.8. The van der Waals surface area contributed by atoms with Crippen molar-refractivity contribution in [3.8, 4) is 5.88 Å². The Morgan fingerprint density at radius 3 is 2.70 bits per heavy atom. The first-order chi connectivity index (χ1) is 9.39. The van der Waals surface area contributed by atoms with Gasteiger partial charge in [0.15, 0.2) is 0 Å². The van der Waals surface area contributed by atoms with Crippen LogP contribution < -0.4 is 10.1 Å². The molecule has 0 aliphatic heterocycles. The average Bonchev–Trinajstić information content (AvgIpc) is 2.37. The minimum absolute atomic E-state index is 0.00498. The van der Waals surface area contributed by atoms with Crippen molar-refractivity contribution in [1.82, 2.24) is 4.98 Å². The molecule has 1 aromatic rings. The fourth-order valence-corrected chi connectivity index (χ4v) is 1.78. The Hall–Kier alpha value is -1.89. The summed E-state index contributed by atoms with van der Waals surface area (Å²) in [7, 11) is 1.35. The summed E-state index contributed by atoms with van der Waals surface area (Å²) in [4.78, 5) is 14.3. The van der Waals surface area contributed by atoms with Crippen molar-refractivity contribution in [3.63, 3.8) is 0 Å². The molecule has 1 rings (SSSR count). The number of nitrogens with zero attached hydrogens (tertiary/aromatic N) is 2. The minimum Gasteiger partial charge on any atom is -0.476 e. The molecule has 1 aromatic heterocycles. The Bertz CT molecular complexity index is 463. The molecule has 0 spiro atoms. The second-order valence-corrected chi connectivity index (χ2v) is 5.30. The van der Waals surface area contributed by atoms with Crippen molar-refractivity contribution in [3.05, 3.63) is 22.2 Å². The number of anilines is 1. The molecular formula is C13H21N3O4. The number of aliphatic hydroxyl groups is 1. The topological polar surface area (TPSA) is 97.5 Å². The zero-order chi connectivity index (χ0) is 15.2. The van der Waals surface area contributed by atoms with E-state index in [1.807, 2.05) is 0 Å². The fraction of sp³-hybridized carbons (Fsp3) is 0.615. The van der Waals surface area contributed by atoms with Gasteiger partial charge in [0, 0.05) is 19.2 Å². The Morgan fingerprint density at radius 2 is 2.15 bits per heavy atom. The number of methoxy groups -OCH3 is 1. The van der Waals surface area contributed by atoms with Gasteiger partial charge in [-0.1, -0.05) is 13.8 Å². The largest absolute Gasteiger partial charge is 0.476 e. The molecule has 20 heavy (non-hydrogen) atoms. The Kier molecular flexibility index (Phi) is 5.69. The standard InChI is InChI=1S/C13H21N3O4/c1-13(2,7-9-17)6-8-14-11-5-4-10(16(18)19)12(15-11)20-3/h4-5,17H,6-9H2,1-3H3,(H,14,15). The van der Waals surface area contributed by atoms with Crippen LogP contribution in [0.4, 0.5) is 11.5 Å². The number of rotatable bonds is 8. The number of pyridine rings is 1. The van der Waals surface area contributed by atoms with Crippen LogP contribution in [0.25, 0.3) is 0 Å². The van der Waals surface area contributed by atoms with Gasteiger partial charge in [0.1, 0.15) is 5.82 Å². The van der Waals surface area contributed by atoms with Crippen LogP contribution in [0.5, 0.6) is 5.88 Å². The van der Waals surface area contributed by atoms with Gasteiger partial charge in [0.05, 0.1) is 12.0 Å². The highest BCUT2D eigenvalue weighted by Crippen LogP contribution is 2.27. The molecule has 0 saturated heterocycles. The molecule has 0 aromatic carbocycles. The van der Waals surface area contributed by atoms with Crippen molar-refractivity contribution in [1.29, 1.82) is 0 Å². The van der Waals surface area contributed by atoms with Gasteiger partial charge in [-0.2, -0.15) is 4.98 Å². The molecule has 7 heteroatoms. The highest BCUT2D eigenvalue weighted by atomic mass is 16.6. The number of aliphatic hydroxyl groups excluding tert-OH is 1. The van der Waals surface area contributed by atoms with Crippen molar-refractivity contribution in [2.24, 2.45) is 5.41 Å². The molecule has 0 amide bonds. The normalized spacial score (nSPS) is 11.2. The third kappa shape index (κ3) is 4.65. The average molecular weight is 283 g/mol. The molecule has 0 bridgehead atoms. The summed E-state index contributed by atoms with van der Waals surface area (Å²) in [6.07, 6.45) is 1.58. The molecule has 112 valence electrons. The van der Waals surface area contributed by atoms with Crippen LogP contribution in [0, 0.1) is 15.5 Å². The van der Waals surface area contributed by atoms with E-state index in [-0.39, 0.29) is 23.6 Å². The zero-order valence-electron chi connectivity index (χ0n) is 12.0. The predicted octanol–water partition coefficient (Wildman–Crippen LogP) is 2.21. The maximum absolute atomic E-state index is 10.8. The van der Waals surface area contributed by atoms with Gasteiger partial charge in [-0.05, 0) is 24.3 Å². The first-order valence-electron chi connectivity index (χ1n) is 6.44. The quantitative estimate of drug-likeness (QED) is 0.560. The van der Waals surface area contributed by atoms with E-state index < -0.39 is 4.92 Å². The van der Waals surface area contributed by atoms with Crippen LogP contribution in [0.15, 0.2) is 12.1 Å². The highest BCUT2D eigenvalue weighted by molar-refractivity contribution is 5.48. The van der Waals surface area contributed by atoms with Crippen molar-refractivity contribution >= 4 is 11.5 Å². The maximum Gasteiger partial charge on any atom is 0.331 e. The van der Waals surface area contributed by atoms with Crippen LogP contribution in [-0.2, 0) is 0 Å². The first kappa shape index (κ1) is 16.2. The summed E-state index contributed by atoms with van der Waals surface area (Å²) in [6, 6.07) is 2.92. The molecule has 0 saturated carbocycles. The summed E-state index contributed by atoms with van der Waals surface area (Å²) in [5.41, 5.74) is -0.120. The molecule has 1 heterocycles.